The fourth-order valence-corrected chi connectivity index (χ4v) is 2.66. The number of nitrogen functional groups attached to an aromatic ring is 1. The van der Waals surface area contributed by atoms with Crippen LogP contribution in [0.1, 0.15) is 36.0 Å². The van der Waals surface area contributed by atoms with Gasteiger partial charge in [0.1, 0.15) is 0 Å². The summed E-state index contributed by atoms with van der Waals surface area (Å²) in [4.78, 5) is 4.63. The van der Waals surface area contributed by atoms with Crippen molar-refractivity contribution in [2.24, 2.45) is 0 Å². The molecule has 0 aliphatic carbocycles. The van der Waals surface area contributed by atoms with Crippen LogP contribution in [0.3, 0.4) is 0 Å². The molecule has 2 N–H and O–H groups in total. The standard InChI is InChI=1S/C14H18N2S/c1-10(2)13-9-17-14(16-13)7-6-11-4-3-5-12(15)8-11/h3-5,8-10H,6-7,15H2,1-2H3. The van der Waals surface area contributed by atoms with E-state index in [-0.39, 0.29) is 0 Å². The Labute approximate surface area is 107 Å². The first-order valence-corrected chi connectivity index (χ1v) is 6.82. The maximum Gasteiger partial charge on any atom is 0.0931 e. The highest BCUT2D eigenvalue weighted by atomic mass is 32.1. The zero-order chi connectivity index (χ0) is 12.3. The van der Waals surface area contributed by atoms with Crippen molar-refractivity contribution in [2.75, 3.05) is 5.73 Å². The molecule has 90 valence electrons. The van der Waals surface area contributed by atoms with Crippen LogP contribution < -0.4 is 5.73 Å². The van der Waals surface area contributed by atoms with Crippen LogP contribution in [-0.4, -0.2) is 4.98 Å². The summed E-state index contributed by atoms with van der Waals surface area (Å²) in [6.07, 6.45) is 2.01. The number of benzene rings is 1. The Bertz CT molecular complexity index is 488. The molecule has 2 nitrogen and oxygen atoms in total. The van der Waals surface area contributed by atoms with Gasteiger partial charge in [0.25, 0.3) is 0 Å². The van der Waals surface area contributed by atoms with Crippen molar-refractivity contribution in [3.63, 3.8) is 0 Å². The predicted molar refractivity (Wildman–Crippen MR) is 74.5 cm³/mol. The van der Waals surface area contributed by atoms with Gasteiger partial charge in [-0.3, -0.25) is 0 Å². The van der Waals surface area contributed by atoms with Crippen molar-refractivity contribution in [1.82, 2.24) is 4.98 Å². The smallest absolute Gasteiger partial charge is 0.0931 e. The average molecular weight is 246 g/mol. The molecule has 0 radical (unpaired) electrons. The lowest BCUT2D eigenvalue weighted by molar-refractivity contribution is 0.816. The first kappa shape index (κ1) is 12.1. The summed E-state index contributed by atoms with van der Waals surface area (Å²) >= 11 is 1.76. The maximum absolute atomic E-state index is 5.76. The van der Waals surface area contributed by atoms with Gasteiger partial charge in [-0.1, -0.05) is 26.0 Å². The molecule has 0 aliphatic heterocycles. The van der Waals surface area contributed by atoms with Crippen molar-refractivity contribution >= 4 is 17.0 Å². The Hall–Kier alpha value is -1.35. The third-order valence-corrected chi connectivity index (χ3v) is 3.67. The second-order valence-corrected chi connectivity index (χ2v) is 5.51. The molecule has 0 atom stereocenters. The molecule has 2 rings (SSSR count). The van der Waals surface area contributed by atoms with Crippen LogP contribution in [0.25, 0.3) is 0 Å². The Kier molecular flexibility index (Phi) is 3.79. The highest BCUT2D eigenvalue weighted by Gasteiger charge is 2.05. The lowest BCUT2D eigenvalue weighted by atomic mass is 10.1. The Morgan fingerprint density at radius 1 is 1.29 bits per heavy atom. The number of rotatable bonds is 4. The van der Waals surface area contributed by atoms with Gasteiger partial charge in [-0.15, -0.1) is 11.3 Å². The average Bonchev–Trinajstić information content (AvgIpc) is 2.75. The molecule has 0 aliphatic rings. The number of aromatic nitrogens is 1. The number of nitrogens with two attached hydrogens (primary N) is 1. The van der Waals surface area contributed by atoms with E-state index in [1.807, 2.05) is 18.2 Å². The van der Waals surface area contributed by atoms with Gasteiger partial charge in [0.2, 0.25) is 0 Å². The first-order chi connectivity index (χ1) is 8.15. The number of anilines is 1. The van der Waals surface area contributed by atoms with E-state index in [2.05, 4.69) is 30.3 Å². The number of aryl methyl sites for hydroxylation is 2. The van der Waals surface area contributed by atoms with Gasteiger partial charge in [-0.05, 0) is 30.0 Å². The second-order valence-electron chi connectivity index (χ2n) is 4.57. The van der Waals surface area contributed by atoms with Crippen LogP contribution in [-0.2, 0) is 12.8 Å². The number of thiazole rings is 1. The molecule has 0 bridgehead atoms. The van der Waals surface area contributed by atoms with E-state index in [0.717, 1.165) is 18.5 Å². The van der Waals surface area contributed by atoms with Crippen LogP contribution >= 0.6 is 11.3 Å². The molecule has 0 saturated heterocycles. The SMILES string of the molecule is CC(C)c1csc(CCc2cccc(N)c2)n1. The minimum Gasteiger partial charge on any atom is -0.399 e. The highest BCUT2D eigenvalue weighted by Crippen LogP contribution is 2.19. The molecular formula is C14H18N2S. The van der Waals surface area contributed by atoms with Gasteiger partial charge in [0.05, 0.1) is 10.7 Å². The summed E-state index contributed by atoms with van der Waals surface area (Å²) in [7, 11) is 0. The predicted octanol–water partition coefficient (Wildman–Crippen LogP) is 3.63. The lowest BCUT2D eigenvalue weighted by Gasteiger charge is -2.01. The fraction of sp³-hybridized carbons (Fsp3) is 0.357. The van der Waals surface area contributed by atoms with E-state index in [1.165, 1.54) is 16.3 Å². The molecular weight excluding hydrogens is 228 g/mol. The molecule has 1 heterocycles. The van der Waals surface area contributed by atoms with Gasteiger partial charge in [0.15, 0.2) is 0 Å². The molecule has 0 spiro atoms. The zero-order valence-electron chi connectivity index (χ0n) is 10.3. The Balaban J connectivity index is 1.97. The minimum absolute atomic E-state index is 0.521. The van der Waals surface area contributed by atoms with E-state index >= 15 is 0 Å². The zero-order valence-corrected chi connectivity index (χ0v) is 11.1. The molecule has 3 heteroatoms. The summed E-state index contributed by atoms with van der Waals surface area (Å²) in [5.74, 6) is 0.521. The monoisotopic (exact) mass is 246 g/mol. The molecule has 0 amide bonds. The lowest BCUT2D eigenvalue weighted by Crippen LogP contribution is -1.94. The van der Waals surface area contributed by atoms with E-state index in [0.29, 0.717) is 5.92 Å². The third kappa shape index (κ3) is 3.30. The molecule has 0 fully saturated rings. The van der Waals surface area contributed by atoms with Gasteiger partial charge >= 0.3 is 0 Å². The number of hydrogen-bond donors (Lipinski definition) is 1. The summed E-state index contributed by atoms with van der Waals surface area (Å²) < 4.78 is 0. The Morgan fingerprint density at radius 3 is 2.76 bits per heavy atom. The van der Waals surface area contributed by atoms with E-state index in [9.17, 15) is 0 Å². The van der Waals surface area contributed by atoms with Crippen molar-refractivity contribution in [1.29, 1.82) is 0 Å². The quantitative estimate of drug-likeness (QED) is 0.837. The van der Waals surface area contributed by atoms with Crippen molar-refractivity contribution in [2.45, 2.75) is 32.6 Å². The normalized spacial score (nSPS) is 11.0. The second kappa shape index (κ2) is 5.32. The van der Waals surface area contributed by atoms with E-state index in [4.69, 9.17) is 5.73 Å². The van der Waals surface area contributed by atoms with Crippen LogP contribution in [0.5, 0.6) is 0 Å². The van der Waals surface area contributed by atoms with Crippen molar-refractivity contribution in [3.05, 3.63) is 45.9 Å². The molecule has 17 heavy (non-hydrogen) atoms. The fourth-order valence-electron chi connectivity index (χ4n) is 1.70. The van der Waals surface area contributed by atoms with E-state index < -0.39 is 0 Å². The first-order valence-electron chi connectivity index (χ1n) is 5.94. The summed E-state index contributed by atoms with van der Waals surface area (Å²) in [6, 6.07) is 8.08. The minimum atomic E-state index is 0.521. The van der Waals surface area contributed by atoms with Crippen LogP contribution in [0.2, 0.25) is 0 Å². The summed E-state index contributed by atoms with van der Waals surface area (Å²) in [6.45, 7) is 4.35. The van der Waals surface area contributed by atoms with Crippen LogP contribution in [0.15, 0.2) is 29.6 Å². The van der Waals surface area contributed by atoms with Gasteiger partial charge in [0, 0.05) is 17.5 Å². The molecule has 1 aromatic carbocycles. The number of nitrogens with zero attached hydrogens (tertiary/aromatic N) is 1. The van der Waals surface area contributed by atoms with Gasteiger partial charge < -0.3 is 5.73 Å². The van der Waals surface area contributed by atoms with Crippen LogP contribution in [0, 0.1) is 0 Å². The third-order valence-electron chi connectivity index (χ3n) is 2.74. The largest absolute Gasteiger partial charge is 0.399 e. The maximum atomic E-state index is 5.76. The van der Waals surface area contributed by atoms with Crippen molar-refractivity contribution < 1.29 is 0 Å². The highest BCUT2D eigenvalue weighted by molar-refractivity contribution is 7.09. The van der Waals surface area contributed by atoms with Crippen LogP contribution in [0.4, 0.5) is 5.69 Å². The molecule has 2 aromatic rings. The van der Waals surface area contributed by atoms with Gasteiger partial charge in [-0.2, -0.15) is 0 Å². The van der Waals surface area contributed by atoms with Gasteiger partial charge in [-0.25, -0.2) is 4.98 Å². The summed E-state index contributed by atoms with van der Waals surface area (Å²) in [5, 5.41) is 3.38. The topological polar surface area (TPSA) is 38.9 Å². The molecule has 0 saturated carbocycles. The number of hydrogen-bond acceptors (Lipinski definition) is 3. The van der Waals surface area contributed by atoms with Crippen molar-refractivity contribution in [3.8, 4) is 0 Å². The van der Waals surface area contributed by atoms with E-state index in [1.54, 1.807) is 11.3 Å². The molecule has 0 unspecified atom stereocenters. The Morgan fingerprint density at radius 2 is 2.12 bits per heavy atom. The summed E-state index contributed by atoms with van der Waals surface area (Å²) in [5.41, 5.74) is 9.09. The molecule has 1 aromatic heterocycles.